The standard InChI is InChI=1S/C44H75NO7/c1-6-8-10-12-14-16-18-19-20-21-22-23-25-27-29-31-33-35-43(47)52-40(38-50-37-36-41(44(48)49)45(3,4)5)39-51-42(46)34-32-30-28-26-24-17-15-13-11-9-7-2/h8,10,14,16,19-20,22-23,27,29,40-41H,6-7,9,11-13,15,17-18,21,24-26,28,30-39H2,1-5H3/b10-8+,16-14+,20-19+,23-22+,29-27+. The Morgan fingerprint density at radius 2 is 1.08 bits per heavy atom. The first-order valence-electron chi connectivity index (χ1n) is 20.3. The number of likely N-dealkylation sites (N-methyl/N-ethyl adjacent to an activating group) is 1. The Bertz CT molecular complexity index is 1040. The normalized spacial score (nSPS) is 13.6. The monoisotopic (exact) mass is 730 g/mol. The van der Waals surface area contributed by atoms with E-state index in [1.807, 2.05) is 0 Å². The molecule has 0 saturated heterocycles. The Morgan fingerprint density at radius 1 is 0.596 bits per heavy atom. The lowest BCUT2D eigenvalue weighted by Crippen LogP contribution is -2.55. The van der Waals surface area contributed by atoms with E-state index in [1.165, 1.54) is 51.4 Å². The molecule has 0 aromatic carbocycles. The van der Waals surface area contributed by atoms with Gasteiger partial charge >= 0.3 is 11.9 Å². The van der Waals surface area contributed by atoms with Gasteiger partial charge < -0.3 is 28.6 Å². The zero-order valence-electron chi connectivity index (χ0n) is 33.7. The van der Waals surface area contributed by atoms with Crippen LogP contribution < -0.4 is 5.11 Å². The summed E-state index contributed by atoms with van der Waals surface area (Å²) in [5.74, 6) is -1.82. The van der Waals surface area contributed by atoms with Gasteiger partial charge in [-0.05, 0) is 51.4 Å². The number of quaternary nitrogens is 1. The molecule has 52 heavy (non-hydrogen) atoms. The van der Waals surface area contributed by atoms with E-state index in [9.17, 15) is 19.5 Å². The minimum absolute atomic E-state index is 0.0170. The van der Waals surface area contributed by atoms with Gasteiger partial charge in [0.25, 0.3) is 0 Å². The number of carboxylic acids is 1. The van der Waals surface area contributed by atoms with Crippen molar-refractivity contribution >= 4 is 17.9 Å². The van der Waals surface area contributed by atoms with Crippen molar-refractivity contribution in [3.05, 3.63) is 60.8 Å². The van der Waals surface area contributed by atoms with Gasteiger partial charge in [0.1, 0.15) is 12.6 Å². The van der Waals surface area contributed by atoms with Crippen LogP contribution in [0.4, 0.5) is 0 Å². The molecule has 0 aliphatic rings. The van der Waals surface area contributed by atoms with Crippen LogP contribution in [0.3, 0.4) is 0 Å². The Morgan fingerprint density at radius 3 is 1.58 bits per heavy atom. The second kappa shape index (κ2) is 35.1. The minimum Gasteiger partial charge on any atom is -0.544 e. The zero-order valence-corrected chi connectivity index (χ0v) is 33.7. The van der Waals surface area contributed by atoms with Crippen LogP contribution in [0.2, 0.25) is 0 Å². The molecule has 0 spiro atoms. The summed E-state index contributed by atoms with van der Waals surface area (Å²) in [7, 11) is 5.37. The summed E-state index contributed by atoms with van der Waals surface area (Å²) in [5.41, 5.74) is 0. The molecule has 2 unspecified atom stereocenters. The van der Waals surface area contributed by atoms with Crippen LogP contribution in [-0.4, -0.2) is 75.5 Å². The lowest BCUT2D eigenvalue weighted by Gasteiger charge is -2.34. The molecule has 0 radical (unpaired) electrons. The number of unbranched alkanes of at least 4 members (excludes halogenated alkanes) is 11. The van der Waals surface area contributed by atoms with Gasteiger partial charge in [-0.15, -0.1) is 0 Å². The van der Waals surface area contributed by atoms with E-state index in [2.05, 4.69) is 74.6 Å². The summed E-state index contributed by atoms with van der Waals surface area (Å²) < 4.78 is 17.0. The number of hydrogen-bond acceptors (Lipinski definition) is 7. The van der Waals surface area contributed by atoms with Gasteiger partial charge in [-0.1, -0.05) is 139 Å². The highest BCUT2D eigenvalue weighted by Crippen LogP contribution is 2.13. The van der Waals surface area contributed by atoms with E-state index >= 15 is 0 Å². The second-order valence-corrected chi connectivity index (χ2v) is 14.5. The van der Waals surface area contributed by atoms with E-state index in [-0.39, 0.29) is 49.1 Å². The predicted molar refractivity (Wildman–Crippen MR) is 212 cm³/mol. The lowest BCUT2D eigenvalue weighted by molar-refractivity contribution is -0.889. The largest absolute Gasteiger partial charge is 0.544 e. The number of carbonyl (C=O) groups is 3. The maximum absolute atomic E-state index is 12.6. The maximum Gasteiger partial charge on any atom is 0.306 e. The first kappa shape index (κ1) is 49.0. The Labute approximate surface area is 318 Å². The van der Waals surface area contributed by atoms with Crippen LogP contribution >= 0.6 is 0 Å². The third kappa shape index (κ3) is 32.9. The average molecular weight is 730 g/mol. The van der Waals surface area contributed by atoms with Gasteiger partial charge in [0, 0.05) is 19.3 Å². The van der Waals surface area contributed by atoms with Crippen LogP contribution in [0, 0.1) is 0 Å². The lowest BCUT2D eigenvalue weighted by atomic mass is 10.1. The van der Waals surface area contributed by atoms with Gasteiger partial charge in [0.2, 0.25) is 0 Å². The van der Waals surface area contributed by atoms with Crippen LogP contribution in [0.25, 0.3) is 0 Å². The molecule has 0 aromatic heterocycles. The van der Waals surface area contributed by atoms with Crippen molar-refractivity contribution in [2.45, 2.75) is 161 Å². The van der Waals surface area contributed by atoms with E-state index in [0.717, 1.165) is 57.8 Å². The Balaban J connectivity index is 4.51. The number of hydrogen-bond donors (Lipinski definition) is 0. The molecule has 0 amide bonds. The number of aliphatic carboxylic acids is 1. The molecule has 0 bridgehead atoms. The summed E-state index contributed by atoms with van der Waals surface area (Å²) in [6, 6.07) is -0.736. The maximum atomic E-state index is 12.6. The highest BCUT2D eigenvalue weighted by Gasteiger charge is 2.25. The predicted octanol–water partition coefficient (Wildman–Crippen LogP) is 9.30. The van der Waals surface area contributed by atoms with Gasteiger partial charge in [0.05, 0.1) is 40.3 Å². The Kier molecular flexibility index (Phi) is 33.1. The molecule has 0 aromatic rings. The fourth-order valence-electron chi connectivity index (χ4n) is 5.52. The highest BCUT2D eigenvalue weighted by molar-refractivity contribution is 5.70. The molecule has 0 heterocycles. The number of carboxylic acid groups (broad SMARTS) is 1. The van der Waals surface area contributed by atoms with Crippen molar-refractivity contribution in [1.29, 1.82) is 0 Å². The molecule has 0 aliphatic heterocycles. The molecule has 8 heteroatoms. The topological polar surface area (TPSA) is 102 Å². The Hall–Kier alpha value is -2.97. The van der Waals surface area contributed by atoms with Crippen LogP contribution in [0.15, 0.2) is 60.8 Å². The molecule has 298 valence electrons. The summed E-state index contributed by atoms with van der Waals surface area (Å²) in [5, 5.41) is 11.6. The van der Waals surface area contributed by atoms with E-state index in [1.54, 1.807) is 21.1 Å². The number of ether oxygens (including phenoxy) is 3. The first-order valence-corrected chi connectivity index (χ1v) is 20.3. The summed E-state index contributed by atoms with van der Waals surface area (Å²) in [6.07, 6.45) is 41.1. The van der Waals surface area contributed by atoms with Crippen LogP contribution in [0.5, 0.6) is 0 Å². The molecule has 8 nitrogen and oxygen atoms in total. The highest BCUT2D eigenvalue weighted by atomic mass is 16.6. The second-order valence-electron chi connectivity index (χ2n) is 14.5. The third-order valence-electron chi connectivity index (χ3n) is 8.67. The number of carbonyl (C=O) groups excluding carboxylic acids is 3. The average Bonchev–Trinajstić information content (AvgIpc) is 3.09. The quantitative estimate of drug-likeness (QED) is 0.0277. The summed E-state index contributed by atoms with van der Waals surface area (Å²) >= 11 is 0. The van der Waals surface area contributed by atoms with E-state index < -0.39 is 18.1 Å². The fourth-order valence-corrected chi connectivity index (χ4v) is 5.52. The number of allylic oxidation sites excluding steroid dienone is 10. The number of rotatable bonds is 35. The van der Waals surface area contributed by atoms with Crippen molar-refractivity contribution in [3.8, 4) is 0 Å². The van der Waals surface area contributed by atoms with Crippen LogP contribution in [-0.2, 0) is 28.6 Å². The minimum atomic E-state index is -1.14. The zero-order chi connectivity index (χ0) is 38.5. The molecule has 2 atom stereocenters. The molecular weight excluding hydrogens is 654 g/mol. The van der Waals surface area contributed by atoms with Crippen molar-refractivity contribution in [3.63, 3.8) is 0 Å². The number of esters is 2. The van der Waals surface area contributed by atoms with E-state index in [4.69, 9.17) is 14.2 Å². The molecule has 0 rings (SSSR count). The van der Waals surface area contributed by atoms with Crippen molar-refractivity contribution in [2.24, 2.45) is 0 Å². The van der Waals surface area contributed by atoms with Gasteiger partial charge in [-0.2, -0.15) is 0 Å². The van der Waals surface area contributed by atoms with Gasteiger partial charge in [-0.3, -0.25) is 9.59 Å². The summed E-state index contributed by atoms with van der Waals surface area (Å²) in [4.78, 5) is 36.7. The van der Waals surface area contributed by atoms with Gasteiger partial charge in [-0.25, -0.2) is 0 Å². The first-order chi connectivity index (χ1) is 25.1. The van der Waals surface area contributed by atoms with Crippen molar-refractivity contribution in [2.75, 3.05) is 41.0 Å². The molecular formula is C44H75NO7. The molecule has 0 N–H and O–H groups in total. The smallest absolute Gasteiger partial charge is 0.306 e. The third-order valence-corrected chi connectivity index (χ3v) is 8.67. The number of nitrogens with zero attached hydrogens (tertiary/aromatic N) is 1. The molecule has 0 aliphatic carbocycles. The van der Waals surface area contributed by atoms with Crippen LogP contribution in [0.1, 0.15) is 149 Å². The van der Waals surface area contributed by atoms with E-state index in [0.29, 0.717) is 12.8 Å². The molecule has 0 saturated carbocycles. The fraction of sp³-hybridized carbons (Fsp3) is 0.705. The summed E-state index contributed by atoms with van der Waals surface area (Å²) in [6.45, 7) is 4.46. The van der Waals surface area contributed by atoms with Gasteiger partial charge in [0.15, 0.2) is 6.10 Å². The van der Waals surface area contributed by atoms with Crippen molar-refractivity contribution < 1.29 is 38.2 Å². The SMILES string of the molecule is CC/C=C/C/C=C/C/C=C/C/C=C/C/C=C/CCCC(=O)OC(COCCC(C(=O)[O-])[N+](C)(C)C)COC(=O)CCCCCCCCCCCCC. The van der Waals surface area contributed by atoms with Crippen molar-refractivity contribution in [1.82, 2.24) is 0 Å². The molecule has 0 fully saturated rings.